The van der Waals surface area contributed by atoms with Crippen LogP contribution < -0.4 is 10.1 Å². The summed E-state index contributed by atoms with van der Waals surface area (Å²) in [5, 5.41) is 14.1. The molecule has 0 radical (unpaired) electrons. The molecule has 1 N–H and O–H groups in total. The number of carbonyl (C=O) groups is 1. The van der Waals surface area contributed by atoms with Gasteiger partial charge in [0.2, 0.25) is 0 Å². The second kappa shape index (κ2) is 8.91. The standard InChI is InChI=1S/C21H20ClN5O3S/c1-4-27-9-16(12(2)25-27)18-11-31-21(23-18)24-20(28)19-17(13(3)30-26-19)10-29-15-7-5-14(22)6-8-15/h5-9,11H,4,10H2,1-3H3,(H,23,24,28). The summed E-state index contributed by atoms with van der Waals surface area (Å²) in [6.45, 7) is 6.61. The fourth-order valence-electron chi connectivity index (χ4n) is 2.97. The van der Waals surface area contributed by atoms with Crippen LogP contribution in [-0.4, -0.2) is 25.8 Å². The minimum Gasteiger partial charge on any atom is -0.489 e. The van der Waals surface area contributed by atoms with Gasteiger partial charge in [-0.3, -0.25) is 14.8 Å². The zero-order chi connectivity index (χ0) is 22.0. The smallest absolute Gasteiger partial charge is 0.280 e. The number of nitrogens with one attached hydrogen (secondary N) is 1. The van der Waals surface area contributed by atoms with Gasteiger partial charge in [0, 0.05) is 28.7 Å². The van der Waals surface area contributed by atoms with Crippen LogP contribution in [0.4, 0.5) is 5.13 Å². The maximum absolute atomic E-state index is 12.8. The highest BCUT2D eigenvalue weighted by Gasteiger charge is 2.22. The Balaban J connectivity index is 1.47. The van der Waals surface area contributed by atoms with Crippen molar-refractivity contribution in [2.24, 2.45) is 0 Å². The Morgan fingerprint density at radius 2 is 2.06 bits per heavy atom. The maximum Gasteiger partial charge on any atom is 0.280 e. The van der Waals surface area contributed by atoms with E-state index in [1.54, 1.807) is 31.2 Å². The molecule has 0 aliphatic carbocycles. The summed E-state index contributed by atoms with van der Waals surface area (Å²) in [4.78, 5) is 17.3. The lowest BCUT2D eigenvalue weighted by molar-refractivity contribution is 0.101. The van der Waals surface area contributed by atoms with Gasteiger partial charge in [-0.25, -0.2) is 4.98 Å². The highest BCUT2D eigenvalue weighted by Crippen LogP contribution is 2.28. The number of aryl methyl sites for hydroxylation is 3. The number of benzene rings is 1. The predicted molar refractivity (Wildman–Crippen MR) is 119 cm³/mol. The number of aromatic nitrogens is 4. The molecule has 0 aliphatic heterocycles. The van der Waals surface area contributed by atoms with Crippen LogP contribution >= 0.6 is 22.9 Å². The van der Waals surface area contributed by atoms with Gasteiger partial charge in [-0.2, -0.15) is 5.10 Å². The minimum atomic E-state index is -0.409. The van der Waals surface area contributed by atoms with E-state index < -0.39 is 5.91 Å². The number of rotatable bonds is 7. The average molecular weight is 458 g/mol. The van der Waals surface area contributed by atoms with Crippen molar-refractivity contribution in [1.29, 1.82) is 0 Å². The summed E-state index contributed by atoms with van der Waals surface area (Å²) >= 11 is 7.23. The number of carbonyl (C=O) groups excluding carboxylic acids is 1. The van der Waals surface area contributed by atoms with Gasteiger partial charge >= 0.3 is 0 Å². The summed E-state index contributed by atoms with van der Waals surface area (Å²) < 4.78 is 12.8. The van der Waals surface area contributed by atoms with E-state index >= 15 is 0 Å². The maximum atomic E-state index is 12.8. The molecule has 160 valence electrons. The molecule has 4 rings (SSSR count). The molecule has 3 heterocycles. The van der Waals surface area contributed by atoms with E-state index in [4.69, 9.17) is 20.9 Å². The quantitative estimate of drug-likeness (QED) is 0.414. The summed E-state index contributed by atoms with van der Waals surface area (Å²) in [5.41, 5.74) is 3.33. The number of halogens is 1. The molecule has 0 saturated carbocycles. The van der Waals surface area contributed by atoms with Gasteiger partial charge in [0.05, 0.1) is 17.0 Å². The molecule has 3 aromatic heterocycles. The molecule has 0 aliphatic rings. The van der Waals surface area contributed by atoms with Crippen LogP contribution in [0.2, 0.25) is 5.02 Å². The first kappa shape index (κ1) is 21.1. The SMILES string of the molecule is CCn1cc(-c2csc(NC(=O)c3noc(C)c3COc3ccc(Cl)cc3)n2)c(C)n1. The molecule has 0 saturated heterocycles. The molecule has 31 heavy (non-hydrogen) atoms. The third-order valence-electron chi connectivity index (χ3n) is 4.67. The van der Waals surface area contributed by atoms with Gasteiger partial charge in [-0.15, -0.1) is 11.3 Å². The topological polar surface area (TPSA) is 95.1 Å². The molecule has 0 fully saturated rings. The van der Waals surface area contributed by atoms with Crippen molar-refractivity contribution < 1.29 is 14.1 Å². The van der Waals surface area contributed by atoms with E-state index in [9.17, 15) is 4.79 Å². The van der Waals surface area contributed by atoms with Crippen molar-refractivity contribution in [3.63, 3.8) is 0 Å². The number of amides is 1. The van der Waals surface area contributed by atoms with E-state index in [1.165, 1.54) is 11.3 Å². The molecule has 0 unspecified atom stereocenters. The largest absolute Gasteiger partial charge is 0.489 e. The van der Waals surface area contributed by atoms with E-state index in [0.717, 1.165) is 23.5 Å². The van der Waals surface area contributed by atoms with Crippen molar-refractivity contribution in [2.75, 3.05) is 5.32 Å². The first-order chi connectivity index (χ1) is 14.9. The van der Waals surface area contributed by atoms with E-state index in [-0.39, 0.29) is 12.3 Å². The minimum absolute atomic E-state index is 0.137. The first-order valence-corrected chi connectivity index (χ1v) is 10.8. The molecular weight excluding hydrogens is 438 g/mol. The Kier molecular flexibility index (Phi) is 6.06. The first-order valence-electron chi connectivity index (χ1n) is 9.59. The van der Waals surface area contributed by atoms with Crippen molar-refractivity contribution >= 4 is 34.0 Å². The van der Waals surface area contributed by atoms with Gasteiger partial charge in [-0.05, 0) is 45.0 Å². The van der Waals surface area contributed by atoms with Gasteiger partial charge in [0.25, 0.3) is 5.91 Å². The molecule has 10 heteroatoms. The van der Waals surface area contributed by atoms with Crippen LogP contribution in [0.15, 0.2) is 40.4 Å². The lowest BCUT2D eigenvalue weighted by Gasteiger charge is -2.06. The fourth-order valence-corrected chi connectivity index (χ4v) is 3.80. The van der Waals surface area contributed by atoms with Crippen molar-refractivity contribution in [3.8, 4) is 17.0 Å². The molecule has 0 atom stereocenters. The zero-order valence-electron chi connectivity index (χ0n) is 17.2. The van der Waals surface area contributed by atoms with E-state index in [0.29, 0.717) is 27.2 Å². The molecule has 0 spiro atoms. The summed E-state index contributed by atoms with van der Waals surface area (Å²) in [5.74, 6) is 0.735. The Labute approximate surface area is 187 Å². The van der Waals surface area contributed by atoms with Crippen LogP contribution in [0.1, 0.15) is 34.4 Å². The van der Waals surface area contributed by atoms with Crippen LogP contribution in [0.25, 0.3) is 11.3 Å². The number of nitrogens with zero attached hydrogens (tertiary/aromatic N) is 4. The lowest BCUT2D eigenvalue weighted by Crippen LogP contribution is -2.15. The molecule has 1 aromatic carbocycles. The predicted octanol–water partition coefficient (Wildman–Crippen LogP) is 5.12. The second-order valence-electron chi connectivity index (χ2n) is 6.78. The highest BCUT2D eigenvalue weighted by molar-refractivity contribution is 7.14. The Hall–Kier alpha value is -3.17. The number of ether oxygens (including phenoxy) is 1. The molecule has 4 aromatic rings. The molecule has 0 bridgehead atoms. The lowest BCUT2D eigenvalue weighted by atomic mass is 10.2. The average Bonchev–Trinajstić information content (AvgIpc) is 3.46. The highest BCUT2D eigenvalue weighted by atomic mass is 35.5. The second-order valence-corrected chi connectivity index (χ2v) is 8.08. The van der Waals surface area contributed by atoms with Crippen molar-refractivity contribution in [1.82, 2.24) is 19.9 Å². The van der Waals surface area contributed by atoms with Gasteiger partial charge in [0.15, 0.2) is 10.8 Å². The number of hydrogen-bond acceptors (Lipinski definition) is 7. The number of thiazole rings is 1. The van der Waals surface area contributed by atoms with Gasteiger partial charge in [-0.1, -0.05) is 16.8 Å². The monoisotopic (exact) mass is 457 g/mol. The van der Waals surface area contributed by atoms with Gasteiger partial charge in [0.1, 0.15) is 18.1 Å². The van der Waals surface area contributed by atoms with Crippen LogP contribution in [0.3, 0.4) is 0 Å². The van der Waals surface area contributed by atoms with Crippen LogP contribution in [0.5, 0.6) is 5.75 Å². The molecular formula is C21H20ClN5O3S. The third-order valence-corrected chi connectivity index (χ3v) is 5.68. The normalized spacial score (nSPS) is 11.0. The Bertz CT molecular complexity index is 1210. The fraction of sp³-hybridized carbons (Fsp3) is 0.238. The van der Waals surface area contributed by atoms with E-state index in [2.05, 4.69) is 20.6 Å². The van der Waals surface area contributed by atoms with Crippen LogP contribution in [0, 0.1) is 13.8 Å². The van der Waals surface area contributed by atoms with Crippen molar-refractivity contribution in [2.45, 2.75) is 33.9 Å². The Morgan fingerprint density at radius 1 is 1.29 bits per heavy atom. The Morgan fingerprint density at radius 3 is 2.77 bits per heavy atom. The molecule has 1 amide bonds. The van der Waals surface area contributed by atoms with Crippen LogP contribution in [-0.2, 0) is 13.2 Å². The van der Waals surface area contributed by atoms with E-state index in [1.807, 2.05) is 30.1 Å². The molecule has 8 nitrogen and oxygen atoms in total. The van der Waals surface area contributed by atoms with Crippen molar-refractivity contribution in [3.05, 3.63) is 63.6 Å². The zero-order valence-corrected chi connectivity index (χ0v) is 18.8. The number of hydrogen-bond donors (Lipinski definition) is 1. The number of anilines is 1. The summed E-state index contributed by atoms with van der Waals surface area (Å²) in [6, 6.07) is 6.98. The summed E-state index contributed by atoms with van der Waals surface area (Å²) in [6.07, 6.45) is 1.95. The third kappa shape index (κ3) is 4.62. The summed E-state index contributed by atoms with van der Waals surface area (Å²) in [7, 11) is 0. The van der Waals surface area contributed by atoms with Gasteiger partial charge < -0.3 is 9.26 Å².